The molecule has 1 aromatic carbocycles. The first kappa shape index (κ1) is 17.8. The topological polar surface area (TPSA) is 88.2 Å². The molecule has 8 heteroatoms. The van der Waals surface area contributed by atoms with Crippen LogP contribution < -0.4 is 10.1 Å². The Morgan fingerprint density at radius 1 is 1.15 bits per heavy atom. The average Bonchev–Trinajstić information content (AvgIpc) is 3.22. The highest BCUT2D eigenvalue weighted by molar-refractivity contribution is 5.95. The van der Waals surface area contributed by atoms with Crippen LogP contribution in [0.5, 0.6) is 5.75 Å². The average molecular weight is 373 g/mol. The normalized spacial score (nSPS) is 22.1. The lowest BCUT2D eigenvalue weighted by atomic mass is 10.1. The van der Waals surface area contributed by atoms with Crippen LogP contribution in [-0.2, 0) is 25.5 Å². The highest BCUT2D eigenvalue weighted by atomic mass is 16.5. The second-order valence-corrected chi connectivity index (χ2v) is 7.05. The SMILES string of the molecule is O=C1COc2ccc(CC(=O)N3CCN(C(=O)C4CCCO4)CC3)cc2N1. The second-order valence-electron chi connectivity index (χ2n) is 7.05. The number of carbonyl (C=O) groups excluding carboxylic acids is 3. The first-order valence-electron chi connectivity index (χ1n) is 9.34. The Morgan fingerprint density at radius 2 is 1.93 bits per heavy atom. The van der Waals surface area contributed by atoms with Gasteiger partial charge in [-0.15, -0.1) is 0 Å². The molecule has 0 saturated carbocycles. The molecule has 1 N–H and O–H groups in total. The molecule has 3 aliphatic heterocycles. The lowest BCUT2D eigenvalue weighted by Gasteiger charge is -2.35. The molecule has 1 unspecified atom stereocenters. The molecule has 1 atom stereocenters. The van der Waals surface area contributed by atoms with Crippen molar-refractivity contribution in [2.45, 2.75) is 25.4 Å². The third-order valence-electron chi connectivity index (χ3n) is 5.18. The zero-order chi connectivity index (χ0) is 18.8. The van der Waals surface area contributed by atoms with Crippen molar-refractivity contribution in [3.63, 3.8) is 0 Å². The van der Waals surface area contributed by atoms with E-state index in [-0.39, 0.29) is 36.9 Å². The van der Waals surface area contributed by atoms with Gasteiger partial charge >= 0.3 is 0 Å². The number of rotatable bonds is 3. The molecule has 27 heavy (non-hydrogen) atoms. The van der Waals surface area contributed by atoms with Gasteiger partial charge in [-0.3, -0.25) is 14.4 Å². The number of anilines is 1. The van der Waals surface area contributed by atoms with Crippen molar-refractivity contribution < 1.29 is 23.9 Å². The van der Waals surface area contributed by atoms with Crippen molar-refractivity contribution in [3.8, 4) is 5.75 Å². The van der Waals surface area contributed by atoms with Crippen LogP contribution in [0.4, 0.5) is 5.69 Å². The van der Waals surface area contributed by atoms with Gasteiger partial charge in [-0.2, -0.15) is 0 Å². The van der Waals surface area contributed by atoms with Gasteiger partial charge in [0.2, 0.25) is 5.91 Å². The maximum Gasteiger partial charge on any atom is 0.262 e. The monoisotopic (exact) mass is 373 g/mol. The molecule has 1 aromatic rings. The number of carbonyl (C=O) groups is 3. The van der Waals surface area contributed by atoms with Gasteiger partial charge in [-0.1, -0.05) is 6.07 Å². The predicted octanol–water partition coefficient (Wildman–Crippen LogP) is 0.410. The molecule has 0 bridgehead atoms. The molecule has 2 fully saturated rings. The van der Waals surface area contributed by atoms with Crippen LogP contribution in [0.2, 0.25) is 0 Å². The van der Waals surface area contributed by atoms with Crippen LogP contribution in [0.15, 0.2) is 18.2 Å². The number of hydrogen-bond acceptors (Lipinski definition) is 5. The molecule has 3 heterocycles. The van der Waals surface area contributed by atoms with Gasteiger partial charge in [0.15, 0.2) is 6.61 Å². The minimum Gasteiger partial charge on any atom is -0.482 e. The summed E-state index contributed by atoms with van der Waals surface area (Å²) >= 11 is 0. The van der Waals surface area contributed by atoms with Gasteiger partial charge in [0.1, 0.15) is 11.9 Å². The fraction of sp³-hybridized carbons (Fsp3) is 0.526. The van der Waals surface area contributed by atoms with E-state index in [1.54, 1.807) is 21.9 Å². The molecule has 0 aromatic heterocycles. The van der Waals surface area contributed by atoms with Crippen molar-refractivity contribution in [2.75, 3.05) is 44.7 Å². The van der Waals surface area contributed by atoms with Crippen molar-refractivity contribution in [2.24, 2.45) is 0 Å². The number of nitrogens with one attached hydrogen (secondary N) is 1. The van der Waals surface area contributed by atoms with Crippen LogP contribution >= 0.6 is 0 Å². The van der Waals surface area contributed by atoms with Crippen molar-refractivity contribution in [1.82, 2.24) is 9.80 Å². The fourth-order valence-electron chi connectivity index (χ4n) is 3.68. The number of nitrogens with zero attached hydrogens (tertiary/aromatic N) is 2. The van der Waals surface area contributed by atoms with E-state index in [1.807, 2.05) is 6.07 Å². The van der Waals surface area contributed by atoms with Crippen LogP contribution in [0.25, 0.3) is 0 Å². The van der Waals surface area contributed by atoms with Crippen LogP contribution in [0.1, 0.15) is 18.4 Å². The van der Waals surface area contributed by atoms with E-state index in [2.05, 4.69) is 5.32 Å². The first-order valence-corrected chi connectivity index (χ1v) is 9.34. The Hall–Kier alpha value is -2.61. The van der Waals surface area contributed by atoms with Crippen LogP contribution in [0.3, 0.4) is 0 Å². The number of fused-ring (bicyclic) bond motifs is 1. The standard InChI is InChI=1S/C19H23N3O5/c23-17-12-27-15-4-3-13(10-14(15)20-17)11-18(24)21-5-7-22(8-6-21)19(25)16-2-1-9-26-16/h3-4,10,16H,1-2,5-9,11-12H2,(H,20,23). The molecule has 8 nitrogen and oxygen atoms in total. The fourth-order valence-corrected chi connectivity index (χ4v) is 3.68. The van der Waals surface area contributed by atoms with E-state index in [0.29, 0.717) is 44.2 Å². The van der Waals surface area contributed by atoms with E-state index in [1.165, 1.54) is 0 Å². The highest BCUT2D eigenvalue weighted by Crippen LogP contribution is 2.28. The summed E-state index contributed by atoms with van der Waals surface area (Å²) in [4.78, 5) is 40.0. The Balaban J connectivity index is 1.31. The molecule has 0 radical (unpaired) electrons. The van der Waals surface area contributed by atoms with E-state index >= 15 is 0 Å². The molecular formula is C19H23N3O5. The minimum absolute atomic E-state index is 0.0141. The molecule has 0 spiro atoms. The highest BCUT2D eigenvalue weighted by Gasteiger charge is 2.31. The first-order chi connectivity index (χ1) is 13.1. The van der Waals surface area contributed by atoms with Crippen molar-refractivity contribution in [1.29, 1.82) is 0 Å². The van der Waals surface area contributed by atoms with Crippen molar-refractivity contribution >= 4 is 23.4 Å². The quantitative estimate of drug-likeness (QED) is 0.829. The lowest BCUT2D eigenvalue weighted by molar-refractivity contribution is -0.145. The van der Waals surface area contributed by atoms with Gasteiger partial charge in [-0.25, -0.2) is 0 Å². The van der Waals surface area contributed by atoms with E-state index in [4.69, 9.17) is 9.47 Å². The molecule has 144 valence electrons. The van der Waals surface area contributed by atoms with Crippen LogP contribution in [-0.4, -0.2) is 73.0 Å². The largest absolute Gasteiger partial charge is 0.482 e. The molecular weight excluding hydrogens is 350 g/mol. The third kappa shape index (κ3) is 3.90. The van der Waals surface area contributed by atoms with Gasteiger partial charge in [0, 0.05) is 32.8 Å². The van der Waals surface area contributed by atoms with Crippen molar-refractivity contribution in [3.05, 3.63) is 23.8 Å². The van der Waals surface area contributed by atoms with E-state index in [0.717, 1.165) is 18.4 Å². The molecule has 0 aliphatic carbocycles. The Kier molecular flexibility index (Phi) is 4.98. The zero-order valence-electron chi connectivity index (χ0n) is 15.1. The third-order valence-corrected chi connectivity index (χ3v) is 5.18. The number of piperazine rings is 1. The van der Waals surface area contributed by atoms with Gasteiger partial charge < -0.3 is 24.6 Å². The Bertz CT molecular complexity index is 752. The molecule has 2 saturated heterocycles. The van der Waals surface area contributed by atoms with E-state index < -0.39 is 0 Å². The maximum absolute atomic E-state index is 12.6. The molecule has 4 rings (SSSR count). The summed E-state index contributed by atoms with van der Waals surface area (Å²) in [7, 11) is 0. The smallest absolute Gasteiger partial charge is 0.262 e. The number of ether oxygens (including phenoxy) is 2. The van der Waals surface area contributed by atoms with Gasteiger partial charge in [0.25, 0.3) is 11.8 Å². The minimum atomic E-state index is -0.305. The number of amides is 3. The lowest BCUT2D eigenvalue weighted by Crippen LogP contribution is -2.53. The summed E-state index contributed by atoms with van der Waals surface area (Å²) in [5.74, 6) is 0.484. The predicted molar refractivity (Wildman–Crippen MR) is 96.4 cm³/mol. The number of benzene rings is 1. The van der Waals surface area contributed by atoms with Gasteiger partial charge in [0.05, 0.1) is 12.1 Å². The van der Waals surface area contributed by atoms with Crippen LogP contribution in [0, 0.1) is 0 Å². The second kappa shape index (κ2) is 7.56. The Morgan fingerprint density at radius 3 is 2.67 bits per heavy atom. The summed E-state index contributed by atoms with van der Waals surface area (Å²) in [5, 5.41) is 2.75. The Labute approximate surface area is 157 Å². The molecule has 3 amide bonds. The summed E-state index contributed by atoms with van der Waals surface area (Å²) < 4.78 is 10.8. The summed E-state index contributed by atoms with van der Waals surface area (Å²) in [6.07, 6.45) is 1.67. The number of hydrogen-bond donors (Lipinski definition) is 1. The summed E-state index contributed by atoms with van der Waals surface area (Å²) in [6.45, 7) is 2.81. The summed E-state index contributed by atoms with van der Waals surface area (Å²) in [5.41, 5.74) is 1.42. The van der Waals surface area contributed by atoms with E-state index in [9.17, 15) is 14.4 Å². The summed E-state index contributed by atoms with van der Waals surface area (Å²) in [6, 6.07) is 5.39. The maximum atomic E-state index is 12.6. The molecule has 3 aliphatic rings. The zero-order valence-corrected chi connectivity index (χ0v) is 15.1. The van der Waals surface area contributed by atoms with Gasteiger partial charge in [-0.05, 0) is 30.5 Å².